The fourth-order valence-corrected chi connectivity index (χ4v) is 5.57. The van der Waals surface area contributed by atoms with Crippen molar-refractivity contribution >= 4 is 34.7 Å². The van der Waals surface area contributed by atoms with Gasteiger partial charge < -0.3 is 20.7 Å². The summed E-state index contributed by atoms with van der Waals surface area (Å²) in [5.74, 6) is 1.37. The van der Waals surface area contributed by atoms with E-state index in [1.165, 1.54) is 0 Å². The molecule has 1 aliphatic carbocycles. The summed E-state index contributed by atoms with van der Waals surface area (Å²) in [5.41, 5.74) is 1.49. The summed E-state index contributed by atoms with van der Waals surface area (Å²) in [4.78, 5) is 14.3. The summed E-state index contributed by atoms with van der Waals surface area (Å²) in [6, 6.07) is 0.243. The van der Waals surface area contributed by atoms with Crippen LogP contribution in [0.5, 0.6) is 0 Å². The van der Waals surface area contributed by atoms with E-state index in [1.807, 2.05) is 0 Å². The Labute approximate surface area is 193 Å². The molecule has 3 fully saturated rings. The first-order valence-corrected chi connectivity index (χ1v) is 12.3. The second-order valence-corrected chi connectivity index (χ2v) is 10.3. The Bertz CT molecular complexity index is 918. The first-order valence-electron chi connectivity index (χ1n) is 11.9. The molecule has 1 saturated carbocycles. The number of hydrogen-bond donors (Lipinski definition) is 3. The van der Waals surface area contributed by atoms with Crippen molar-refractivity contribution in [2.24, 2.45) is 0 Å². The van der Waals surface area contributed by atoms with Gasteiger partial charge in [0.25, 0.3) is 0 Å². The predicted molar refractivity (Wildman–Crippen MR) is 124 cm³/mol. The Morgan fingerprint density at radius 1 is 1.19 bits per heavy atom. The molecule has 0 radical (unpaired) electrons. The molecule has 8 nitrogen and oxygen atoms in total. The number of anilines is 2. The van der Waals surface area contributed by atoms with Gasteiger partial charge >= 0.3 is 0 Å². The van der Waals surface area contributed by atoms with Crippen molar-refractivity contribution in [2.45, 2.75) is 81.0 Å². The summed E-state index contributed by atoms with van der Waals surface area (Å²) in [7, 11) is 0. The first-order chi connectivity index (χ1) is 15.5. The van der Waals surface area contributed by atoms with E-state index in [2.05, 4.69) is 32.4 Å². The molecule has 2 aromatic heterocycles. The van der Waals surface area contributed by atoms with E-state index in [-0.39, 0.29) is 23.0 Å². The molecule has 3 unspecified atom stereocenters. The molecule has 32 heavy (non-hydrogen) atoms. The third kappa shape index (κ3) is 4.79. The summed E-state index contributed by atoms with van der Waals surface area (Å²) in [6.45, 7) is 5.59. The highest BCUT2D eigenvalue weighted by molar-refractivity contribution is 6.20. The third-order valence-corrected chi connectivity index (χ3v) is 7.40. The van der Waals surface area contributed by atoms with Gasteiger partial charge in [0.2, 0.25) is 11.9 Å². The van der Waals surface area contributed by atoms with E-state index in [0.717, 1.165) is 75.5 Å². The van der Waals surface area contributed by atoms with Crippen molar-refractivity contribution in [2.75, 3.05) is 36.9 Å². The van der Waals surface area contributed by atoms with Gasteiger partial charge in [-0.15, -0.1) is 11.6 Å². The quantitative estimate of drug-likeness (QED) is 0.581. The van der Waals surface area contributed by atoms with Gasteiger partial charge in [-0.2, -0.15) is 4.98 Å². The second-order valence-electron chi connectivity index (χ2n) is 9.73. The van der Waals surface area contributed by atoms with Crippen molar-refractivity contribution in [1.82, 2.24) is 24.8 Å². The molecular weight excluding hydrogens is 433 g/mol. The fourth-order valence-electron chi connectivity index (χ4n) is 5.16. The third-order valence-electron chi connectivity index (χ3n) is 7.04. The van der Waals surface area contributed by atoms with E-state index < -0.39 is 6.17 Å². The lowest BCUT2D eigenvalue weighted by molar-refractivity contribution is 0.0656. The number of halogens is 2. The Hall–Kier alpha value is -1.71. The molecule has 3 N–H and O–H groups in total. The number of alkyl halides is 2. The second kappa shape index (κ2) is 9.27. The number of nitrogens with one attached hydrogen (secondary N) is 3. The fraction of sp³-hybridized carbons (Fsp3) is 0.773. The molecule has 2 saturated heterocycles. The first kappa shape index (κ1) is 22.1. The molecule has 0 amide bonds. The number of fused-ring (bicyclic) bond motifs is 1. The molecule has 0 spiro atoms. The van der Waals surface area contributed by atoms with E-state index in [1.54, 1.807) is 6.20 Å². The van der Waals surface area contributed by atoms with Crippen LogP contribution in [0.1, 0.15) is 57.9 Å². The molecule has 0 aromatic carbocycles. The molecule has 2 aromatic rings. The van der Waals surface area contributed by atoms with E-state index in [4.69, 9.17) is 26.3 Å². The maximum atomic E-state index is 14.2. The highest BCUT2D eigenvalue weighted by atomic mass is 35.5. The lowest BCUT2D eigenvalue weighted by Gasteiger charge is -2.34. The largest absolute Gasteiger partial charge is 0.381 e. The summed E-state index contributed by atoms with van der Waals surface area (Å²) in [6.07, 6.45) is 6.35. The minimum atomic E-state index is -0.878. The lowest BCUT2D eigenvalue weighted by Crippen LogP contribution is -2.41. The number of imidazole rings is 1. The van der Waals surface area contributed by atoms with Crippen LogP contribution in [0.2, 0.25) is 0 Å². The number of ether oxygens (including phenoxy) is 1. The molecule has 5 rings (SSSR count). The van der Waals surface area contributed by atoms with Crippen LogP contribution in [-0.2, 0) is 4.74 Å². The maximum absolute atomic E-state index is 14.2. The summed E-state index contributed by atoms with van der Waals surface area (Å²) in [5, 5.41) is 10.3. The van der Waals surface area contributed by atoms with Crippen LogP contribution in [-0.4, -0.2) is 69.0 Å². The van der Waals surface area contributed by atoms with Crippen molar-refractivity contribution in [3.8, 4) is 0 Å². The van der Waals surface area contributed by atoms with Crippen molar-refractivity contribution < 1.29 is 9.13 Å². The topological polar surface area (TPSA) is 88.9 Å². The van der Waals surface area contributed by atoms with Crippen LogP contribution >= 0.6 is 11.6 Å². The van der Waals surface area contributed by atoms with Crippen LogP contribution in [0.4, 0.5) is 16.3 Å². The zero-order chi connectivity index (χ0) is 22.1. The average Bonchev–Trinajstić information content (AvgIpc) is 3.11. The maximum Gasteiger partial charge on any atom is 0.225 e. The Morgan fingerprint density at radius 2 is 1.97 bits per heavy atom. The van der Waals surface area contributed by atoms with Crippen LogP contribution in [0.3, 0.4) is 0 Å². The molecule has 10 heteroatoms. The highest BCUT2D eigenvalue weighted by Gasteiger charge is 2.31. The van der Waals surface area contributed by atoms with Gasteiger partial charge in [-0.1, -0.05) is 0 Å². The SMILES string of the molecule is CC1(Nc2ncc3nc(NC4CC(F)CC(Cl)C4)n(C4CCNCC4)c3n2)CCOCC1. The number of piperidine rings is 1. The molecular formula is C22H33ClFN7O. The number of nitrogens with zero attached hydrogens (tertiary/aromatic N) is 4. The highest BCUT2D eigenvalue weighted by Crippen LogP contribution is 2.33. The summed E-state index contributed by atoms with van der Waals surface area (Å²) < 4.78 is 21.9. The average molecular weight is 466 g/mol. The zero-order valence-corrected chi connectivity index (χ0v) is 19.4. The molecule has 2 aliphatic heterocycles. The van der Waals surface area contributed by atoms with Crippen LogP contribution in [0, 0.1) is 0 Å². The van der Waals surface area contributed by atoms with Crippen LogP contribution in [0.15, 0.2) is 6.20 Å². The van der Waals surface area contributed by atoms with E-state index in [0.29, 0.717) is 18.8 Å². The van der Waals surface area contributed by atoms with E-state index >= 15 is 0 Å². The van der Waals surface area contributed by atoms with Gasteiger partial charge in [0.1, 0.15) is 11.7 Å². The molecule has 3 aliphatic rings. The number of aromatic nitrogens is 4. The Balaban J connectivity index is 1.47. The van der Waals surface area contributed by atoms with Gasteiger partial charge in [0.05, 0.1) is 6.20 Å². The Morgan fingerprint density at radius 3 is 2.72 bits per heavy atom. The minimum absolute atomic E-state index is 0.0368. The van der Waals surface area contributed by atoms with Gasteiger partial charge in [0.15, 0.2) is 5.65 Å². The lowest BCUT2D eigenvalue weighted by atomic mass is 9.93. The monoisotopic (exact) mass is 465 g/mol. The molecule has 3 atom stereocenters. The molecule has 4 heterocycles. The van der Waals surface area contributed by atoms with Gasteiger partial charge in [-0.3, -0.25) is 4.57 Å². The van der Waals surface area contributed by atoms with Crippen molar-refractivity contribution in [3.05, 3.63) is 6.20 Å². The van der Waals surface area contributed by atoms with Crippen molar-refractivity contribution in [1.29, 1.82) is 0 Å². The van der Waals surface area contributed by atoms with Crippen LogP contribution in [0.25, 0.3) is 11.2 Å². The number of hydrogen-bond acceptors (Lipinski definition) is 7. The standard InChI is InChI=1S/C22H33ClFN7O/c1-22(4-8-32-9-5-22)30-20-26-13-18-19(29-20)31(17-2-6-25-7-3-17)21(28-18)27-16-11-14(23)10-15(24)12-16/h13-17,25H,2-12H2,1H3,(H,27,28)(H,26,29,30). The zero-order valence-electron chi connectivity index (χ0n) is 18.6. The smallest absolute Gasteiger partial charge is 0.225 e. The molecule has 0 bridgehead atoms. The normalized spacial score (nSPS) is 29.2. The Kier molecular flexibility index (Phi) is 6.40. The van der Waals surface area contributed by atoms with E-state index in [9.17, 15) is 4.39 Å². The van der Waals surface area contributed by atoms with Gasteiger partial charge in [-0.05, 0) is 65.0 Å². The summed E-state index contributed by atoms with van der Waals surface area (Å²) >= 11 is 6.31. The van der Waals surface area contributed by atoms with Crippen LogP contribution < -0.4 is 16.0 Å². The predicted octanol–water partition coefficient (Wildman–Crippen LogP) is 3.64. The minimum Gasteiger partial charge on any atom is -0.381 e. The molecule has 176 valence electrons. The van der Waals surface area contributed by atoms with Crippen molar-refractivity contribution in [3.63, 3.8) is 0 Å². The van der Waals surface area contributed by atoms with Gasteiger partial charge in [0, 0.05) is 36.2 Å². The van der Waals surface area contributed by atoms with Gasteiger partial charge in [-0.25, -0.2) is 14.4 Å². The number of rotatable bonds is 5.